The van der Waals surface area contributed by atoms with Crippen LogP contribution in [0.2, 0.25) is 5.02 Å². The number of fused-ring (bicyclic) bond motifs is 1. The van der Waals surface area contributed by atoms with Crippen molar-refractivity contribution in [3.8, 4) is 5.75 Å². The second-order valence-corrected chi connectivity index (χ2v) is 8.56. The molecule has 0 unspecified atom stereocenters. The van der Waals surface area contributed by atoms with E-state index in [4.69, 9.17) is 16.3 Å². The first kappa shape index (κ1) is 22.8. The molecule has 1 aliphatic rings. The molecule has 7 heteroatoms. The van der Waals surface area contributed by atoms with Crippen molar-refractivity contribution >= 4 is 29.1 Å². The van der Waals surface area contributed by atoms with Crippen LogP contribution in [0.5, 0.6) is 5.75 Å². The van der Waals surface area contributed by atoms with Crippen LogP contribution in [0.25, 0.3) is 0 Å². The van der Waals surface area contributed by atoms with Crippen molar-refractivity contribution in [3.63, 3.8) is 0 Å². The highest BCUT2D eigenvalue weighted by atomic mass is 35.5. The molecule has 0 saturated carbocycles. The Morgan fingerprint density at radius 1 is 1.00 bits per heavy atom. The predicted molar refractivity (Wildman–Crippen MR) is 130 cm³/mol. The molecule has 33 heavy (non-hydrogen) atoms. The Balaban J connectivity index is 1.39. The molecule has 1 heterocycles. The Hall–Kier alpha value is -3.35. The molecule has 0 spiro atoms. The lowest BCUT2D eigenvalue weighted by Crippen LogP contribution is -2.26. The van der Waals surface area contributed by atoms with E-state index in [-0.39, 0.29) is 18.4 Å². The van der Waals surface area contributed by atoms with Crippen molar-refractivity contribution < 1.29 is 14.3 Å². The highest BCUT2D eigenvalue weighted by Gasteiger charge is 2.15. The molecule has 0 fully saturated rings. The zero-order valence-electron chi connectivity index (χ0n) is 18.7. The third-order valence-electron chi connectivity index (χ3n) is 5.72. The Morgan fingerprint density at radius 2 is 1.82 bits per heavy atom. The zero-order valence-corrected chi connectivity index (χ0v) is 19.4. The van der Waals surface area contributed by atoms with Crippen LogP contribution >= 0.6 is 11.6 Å². The Kier molecular flexibility index (Phi) is 6.96. The zero-order chi connectivity index (χ0) is 23.4. The average Bonchev–Trinajstić information content (AvgIpc) is 2.82. The van der Waals surface area contributed by atoms with Crippen LogP contribution in [0.3, 0.4) is 0 Å². The van der Waals surface area contributed by atoms with Crippen molar-refractivity contribution in [2.24, 2.45) is 0 Å². The summed E-state index contributed by atoms with van der Waals surface area (Å²) in [6, 6.07) is 18.2. The van der Waals surface area contributed by atoms with Crippen molar-refractivity contribution in [2.45, 2.75) is 19.5 Å². The number of hydrogen-bond acceptors (Lipinski definition) is 4. The van der Waals surface area contributed by atoms with Gasteiger partial charge >= 0.3 is 0 Å². The maximum Gasteiger partial charge on any atom is 0.255 e. The Labute approximate surface area is 198 Å². The summed E-state index contributed by atoms with van der Waals surface area (Å²) < 4.78 is 5.12. The molecule has 3 aromatic carbocycles. The van der Waals surface area contributed by atoms with E-state index >= 15 is 0 Å². The molecule has 0 saturated heterocycles. The number of benzene rings is 3. The maximum atomic E-state index is 12.8. The van der Waals surface area contributed by atoms with E-state index in [0.717, 1.165) is 30.8 Å². The number of nitrogens with zero attached hydrogens (tertiary/aromatic N) is 1. The monoisotopic (exact) mass is 463 g/mol. The van der Waals surface area contributed by atoms with Gasteiger partial charge in [-0.2, -0.15) is 0 Å². The van der Waals surface area contributed by atoms with Crippen LogP contribution in [-0.4, -0.2) is 37.4 Å². The van der Waals surface area contributed by atoms with E-state index in [0.29, 0.717) is 21.9 Å². The van der Waals surface area contributed by atoms with Gasteiger partial charge in [-0.05, 0) is 72.6 Å². The number of likely N-dealkylation sites (N-methyl/N-ethyl adjacent to an activating group) is 1. The normalized spacial score (nSPS) is 13.2. The van der Waals surface area contributed by atoms with Gasteiger partial charge in [0, 0.05) is 36.4 Å². The second-order valence-electron chi connectivity index (χ2n) is 8.16. The summed E-state index contributed by atoms with van der Waals surface area (Å²) in [7, 11) is 3.62. The maximum absolute atomic E-state index is 12.8. The topological polar surface area (TPSA) is 70.7 Å². The Morgan fingerprint density at radius 3 is 2.61 bits per heavy atom. The van der Waals surface area contributed by atoms with Crippen LogP contribution in [0.15, 0.2) is 60.7 Å². The molecule has 3 aromatic rings. The first-order valence-corrected chi connectivity index (χ1v) is 11.1. The van der Waals surface area contributed by atoms with Gasteiger partial charge in [0.25, 0.3) is 11.8 Å². The van der Waals surface area contributed by atoms with Gasteiger partial charge in [0.15, 0.2) is 0 Å². The number of ether oxygens (including phenoxy) is 1. The molecule has 2 amide bonds. The van der Waals surface area contributed by atoms with Gasteiger partial charge in [-0.15, -0.1) is 0 Å². The fourth-order valence-electron chi connectivity index (χ4n) is 3.89. The van der Waals surface area contributed by atoms with Gasteiger partial charge in [0.1, 0.15) is 5.75 Å². The first-order chi connectivity index (χ1) is 15.9. The lowest BCUT2D eigenvalue weighted by molar-refractivity contribution is 0.0950. The quantitative estimate of drug-likeness (QED) is 0.564. The SMILES string of the molecule is COc1ccc(C(=O)NCc2cccc(C(=O)Nc3ccc4c(c3)CN(C)CC4)c2)cc1Cl. The minimum atomic E-state index is -0.256. The van der Waals surface area contributed by atoms with Crippen molar-refractivity contribution in [1.29, 1.82) is 0 Å². The van der Waals surface area contributed by atoms with Crippen LogP contribution < -0.4 is 15.4 Å². The standard InChI is InChI=1S/C26H26ClN3O3/c1-30-11-10-18-6-8-22(13-21(18)16-30)29-26(32)19-5-3-4-17(12-19)15-28-25(31)20-7-9-24(33-2)23(27)14-20/h3-9,12-14H,10-11,15-16H2,1-2H3,(H,28,31)(H,29,32). The van der Waals surface area contributed by atoms with Crippen LogP contribution in [0.4, 0.5) is 5.69 Å². The van der Waals surface area contributed by atoms with E-state index in [1.165, 1.54) is 18.2 Å². The summed E-state index contributed by atoms with van der Waals surface area (Å²) >= 11 is 6.11. The van der Waals surface area contributed by atoms with Gasteiger partial charge < -0.3 is 20.3 Å². The summed E-state index contributed by atoms with van der Waals surface area (Å²) in [5, 5.41) is 6.22. The minimum absolute atomic E-state index is 0.186. The number of amides is 2. The van der Waals surface area contributed by atoms with E-state index < -0.39 is 0 Å². The van der Waals surface area contributed by atoms with Gasteiger partial charge in [0.2, 0.25) is 0 Å². The summed E-state index contributed by atoms with van der Waals surface area (Å²) in [6.07, 6.45) is 1.02. The largest absolute Gasteiger partial charge is 0.495 e. The molecule has 0 aromatic heterocycles. The molecular formula is C26H26ClN3O3. The summed E-state index contributed by atoms with van der Waals surface area (Å²) in [4.78, 5) is 27.6. The minimum Gasteiger partial charge on any atom is -0.495 e. The molecule has 4 rings (SSSR count). The van der Waals surface area contributed by atoms with Gasteiger partial charge in [-0.1, -0.05) is 29.8 Å². The van der Waals surface area contributed by atoms with Crippen molar-refractivity contribution in [2.75, 3.05) is 26.0 Å². The molecular weight excluding hydrogens is 438 g/mol. The molecule has 0 aliphatic carbocycles. The lowest BCUT2D eigenvalue weighted by Gasteiger charge is -2.25. The average molecular weight is 464 g/mol. The molecule has 0 radical (unpaired) electrons. The summed E-state index contributed by atoms with van der Waals surface area (Å²) in [5.41, 5.74) is 5.15. The highest BCUT2D eigenvalue weighted by Crippen LogP contribution is 2.25. The highest BCUT2D eigenvalue weighted by molar-refractivity contribution is 6.32. The third-order valence-corrected chi connectivity index (χ3v) is 6.02. The van der Waals surface area contributed by atoms with Gasteiger partial charge in [-0.25, -0.2) is 0 Å². The third kappa shape index (κ3) is 5.53. The molecule has 6 nitrogen and oxygen atoms in total. The molecule has 0 bridgehead atoms. The summed E-state index contributed by atoms with van der Waals surface area (Å²) in [5.74, 6) is 0.0699. The smallest absolute Gasteiger partial charge is 0.255 e. The van der Waals surface area contributed by atoms with E-state index in [1.807, 2.05) is 24.3 Å². The predicted octanol–water partition coefficient (Wildman–Crippen LogP) is 4.52. The fourth-order valence-corrected chi connectivity index (χ4v) is 4.15. The summed E-state index contributed by atoms with van der Waals surface area (Å²) in [6.45, 7) is 2.22. The molecule has 2 N–H and O–H groups in total. The lowest BCUT2D eigenvalue weighted by atomic mass is 9.99. The van der Waals surface area contributed by atoms with Crippen molar-refractivity contribution in [3.05, 3.63) is 93.5 Å². The van der Waals surface area contributed by atoms with Gasteiger partial charge in [-0.3, -0.25) is 9.59 Å². The first-order valence-electron chi connectivity index (χ1n) is 10.8. The number of hydrogen-bond donors (Lipinski definition) is 2. The van der Waals surface area contributed by atoms with E-state index in [9.17, 15) is 9.59 Å². The van der Waals surface area contributed by atoms with E-state index in [1.54, 1.807) is 30.3 Å². The van der Waals surface area contributed by atoms with E-state index in [2.05, 4.69) is 28.6 Å². The number of nitrogens with one attached hydrogen (secondary N) is 2. The number of anilines is 1. The van der Waals surface area contributed by atoms with Gasteiger partial charge in [0.05, 0.1) is 12.1 Å². The van der Waals surface area contributed by atoms with Crippen LogP contribution in [0.1, 0.15) is 37.4 Å². The molecule has 1 aliphatic heterocycles. The second kappa shape index (κ2) is 10.1. The fraction of sp³-hybridized carbons (Fsp3) is 0.231. The van der Waals surface area contributed by atoms with Crippen LogP contribution in [0, 0.1) is 0 Å². The van der Waals surface area contributed by atoms with Crippen LogP contribution in [-0.2, 0) is 19.5 Å². The molecule has 0 atom stereocenters. The number of methoxy groups -OCH3 is 1. The number of halogens is 1. The number of carbonyl (C=O) groups excluding carboxylic acids is 2. The number of carbonyl (C=O) groups is 2. The molecule has 170 valence electrons. The number of rotatable bonds is 6. The van der Waals surface area contributed by atoms with Crippen molar-refractivity contribution in [1.82, 2.24) is 10.2 Å². The Bertz CT molecular complexity index is 1200.